The number of methoxy groups -OCH3 is 1. The second-order valence-electron chi connectivity index (χ2n) is 6.98. The van der Waals surface area contributed by atoms with E-state index in [0.717, 1.165) is 36.6 Å². The molecule has 1 N–H and O–H groups in total. The average molecular weight is 429 g/mol. The molecule has 0 aliphatic carbocycles. The molecule has 0 spiro atoms. The Bertz CT molecular complexity index is 1010. The third-order valence-electron chi connectivity index (χ3n) is 4.94. The van der Waals surface area contributed by atoms with Crippen molar-refractivity contribution in [3.05, 3.63) is 42.4 Å². The zero-order valence-electron chi connectivity index (χ0n) is 17.0. The van der Waals surface area contributed by atoms with Gasteiger partial charge in [-0.15, -0.1) is 10.2 Å². The number of nitrogens with one attached hydrogen (secondary N) is 1. The molecule has 9 heteroatoms. The van der Waals surface area contributed by atoms with E-state index in [2.05, 4.69) is 15.5 Å². The van der Waals surface area contributed by atoms with Crippen molar-refractivity contribution in [2.75, 3.05) is 24.8 Å². The van der Waals surface area contributed by atoms with Gasteiger partial charge in [-0.05, 0) is 38.0 Å². The van der Waals surface area contributed by atoms with Gasteiger partial charge in [-0.1, -0.05) is 23.9 Å². The van der Waals surface area contributed by atoms with Crippen molar-refractivity contribution in [2.45, 2.75) is 37.6 Å². The molecule has 3 aromatic rings. The van der Waals surface area contributed by atoms with E-state index in [4.69, 9.17) is 13.9 Å². The lowest BCUT2D eigenvalue weighted by Gasteiger charge is -2.14. The predicted molar refractivity (Wildman–Crippen MR) is 114 cm³/mol. The van der Waals surface area contributed by atoms with Gasteiger partial charge in [-0.3, -0.25) is 9.36 Å². The van der Waals surface area contributed by atoms with Crippen LogP contribution >= 0.6 is 11.8 Å². The topological polar surface area (TPSA) is 91.4 Å². The van der Waals surface area contributed by atoms with Crippen LogP contribution < -0.4 is 10.1 Å². The molecule has 30 heavy (non-hydrogen) atoms. The van der Waals surface area contributed by atoms with E-state index in [0.29, 0.717) is 23.1 Å². The zero-order chi connectivity index (χ0) is 20.9. The Morgan fingerprint density at radius 1 is 1.33 bits per heavy atom. The second-order valence-corrected chi connectivity index (χ2v) is 7.92. The van der Waals surface area contributed by atoms with Gasteiger partial charge >= 0.3 is 0 Å². The van der Waals surface area contributed by atoms with Crippen LogP contribution in [0, 0.1) is 6.92 Å². The first-order valence-corrected chi connectivity index (χ1v) is 10.8. The van der Waals surface area contributed by atoms with Crippen molar-refractivity contribution in [2.24, 2.45) is 0 Å². The third kappa shape index (κ3) is 4.52. The summed E-state index contributed by atoms with van der Waals surface area (Å²) in [6.07, 6.45) is 3.81. The van der Waals surface area contributed by atoms with E-state index >= 15 is 0 Å². The van der Waals surface area contributed by atoms with Crippen molar-refractivity contribution in [3.63, 3.8) is 0 Å². The van der Waals surface area contributed by atoms with Crippen LogP contribution in [0.4, 0.5) is 5.69 Å². The summed E-state index contributed by atoms with van der Waals surface area (Å²) in [6, 6.07) is 9.20. The maximum absolute atomic E-state index is 12.5. The summed E-state index contributed by atoms with van der Waals surface area (Å²) in [5.41, 5.74) is 1.53. The Morgan fingerprint density at radius 3 is 2.93 bits per heavy atom. The first-order chi connectivity index (χ1) is 14.7. The van der Waals surface area contributed by atoms with E-state index in [1.807, 2.05) is 29.7 Å². The minimum Gasteiger partial charge on any atom is -0.495 e. The summed E-state index contributed by atoms with van der Waals surface area (Å²) in [4.78, 5) is 12.5. The fraction of sp³-hybridized carbons (Fsp3) is 0.381. The van der Waals surface area contributed by atoms with Crippen molar-refractivity contribution in [1.29, 1.82) is 0 Å². The monoisotopic (exact) mass is 428 g/mol. The SMILES string of the molecule is COc1ccccc1NC(=O)CSc1nnc(-c2ccoc2C)n1C[C@H]1CCCO1. The maximum Gasteiger partial charge on any atom is 0.234 e. The smallest absolute Gasteiger partial charge is 0.234 e. The number of amides is 1. The van der Waals surface area contributed by atoms with Crippen LogP contribution in [0.15, 0.2) is 46.2 Å². The number of hydrogen-bond acceptors (Lipinski definition) is 7. The molecule has 8 nitrogen and oxygen atoms in total. The minimum absolute atomic E-state index is 0.119. The predicted octanol–water partition coefficient (Wildman–Crippen LogP) is 3.76. The summed E-state index contributed by atoms with van der Waals surface area (Å²) >= 11 is 1.35. The van der Waals surface area contributed by atoms with Gasteiger partial charge in [-0.25, -0.2) is 0 Å². The number of ether oxygens (including phenoxy) is 2. The lowest BCUT2D eigenvalue weighted by molar-refractivity contribution is -0.113. The zero-order valence-corrected chi connectivity index (χ0v) is 17.8. The summed E-state index contributed by atoms with van der Waals surface area (Å²) in [7, 11) is 1.58. The fourth-order valence-electron chi connectivity index (χ4n) is 3.43. The molecule has 0 unspecified atom stereocenters. The number of carbonyl (C=O) groups excluding carboxylic acids is 1. The number of benzene rings is 1. The molecule has 1 aliphatic heterocycles. The molecule has 1 amide bonds. The fourth-order valence-corrected chi connectivity index (χ4v) is 4.18. The first kappa shape index (κ1) is 20.5. The Hall–Kier alpha value is -2.78. The highest BCUT2D eigenvalue weighted by Crippen LogP contribution is 2.29. The number of nitrogens with zero attached hydrogens (tertiary/aromatic N) is 3. The summed E-state index contributed by atoms with van der Waals surface area (Å²) < 4.78 is 18.6. The lowest BCUT2D eigenvalue weighted by atomic mass is 10.2. The van der Waals surface area contributed by atoms with E-state index < -0.39 is 0 Å². The van der Waals surface area contributed by atoms with Crippen LogP contribution in [-0.2, 0) is 16.1 Å². The van der Waals surface area contributed by atoms with Crippen molar-refractivity contribution >= 4 is 23.4 Å². The van der Waals surface area contributed by atoms with E-state index in [-0.39, 0.29) is 17.8 Å². The average Bonchev–Trinajstić information content (AvgIpc) is 3.49. The van der Waals surface area contributed by atoms with Gasteiger partial charge in [0.1, 0.15) is 11.5 Å². The molecule has 1 saturated heterocycles. The van der Waals surface area contributed by atoms with Crippen LogP contribution in [0.25, 0.3) is 11.4 Å². The van der Waals surface area contributed by atoms with Crippen molar-refractivity contribution in [3.8, 4) is 17.1 Å². The number of para-hydroxylation sites is 2. The number of carbonyl (C=O) groups is 1. The van der Waals surface area contributed by atoms with Crippen LogP contribution in [0.1, 0.15) is 18.6 Å². The maximum atomic E-state index is 12.5. The molecule has 1 aliphatic rings. The number of rotatable bonds is 8. The van der Waals surface area contributed by atoms with E-state index in [1.165, 1.54) is 11.8 Å². The lowest BCUT2D eigenvalue weighted by Crippen LogP contribution is -2.18. The van der Waals surface area contributed by atoms with Crippen LogP contribution in [0.2, 0.25) is 0 Å². The minimum atomic E-state index is -0.141. The molecular formula is C21H24N4O4S. The molecular weight excluding hydrogens is 404 g/mol. The summed E-state index contributed by atoms with van der Waals surface area (Å²) in [6.45, 7) is 3.31. The number of furan rings is 1. The first-order valence-electron chi connectivity index (χ1n) is 9.80. The van der Waals surface area contributed by atoms with Crippen molar-refractivity contribution in [1.82, 2.24) is 14.8 Å². The van der Waals surface area contributed by atoms with Crippen LogP contribution in [-0.4, -0.2) is 46.2 Å². The molecule has 2 aromatic heterocycles. The summed E-state index contributed by atoms with van der Waals surface area (Å²) in [5, 5.41) is 12.3. The Morgan fingerprint density at radius 2 is 2.20 bits per heavy atom. The number of anilines is 1. The van der Waals surface area contributed by atoms with Gasteiger partial charge in [0, 0.05) is 6.61 Å². The van der Waals surface area contributed by atoms with E-state index in [9.17, 15) is 4.79 Å². The summed E-state index contributed by atoms with van der Waals surface area (Å²) in [5.74, 6) is 2.18. The molecule has 1 atom stereocenters. The Labute approximate surface area is 179 Å². The molecule has 0 bridgehead atoms. The second kappa shape index (κ2) is 9.36. The van der Waals surface area contributed by atoms with Gasteiger partial charge in [0.25, 0.3) is 0 Å². The van der Waals surface area contributed by atoms with Crippen LogP contribution in [0.3, 0.4) is 0 Å². The molecule has 4 rings (SSSR count). The number of aromatic nitrogens is 3. The number of aryl methyl sites for hydroxylation is 1. The Balaban J connectivity index is 1.49. The molecule has 1 fully saturated rings. The van der Waals surface area contributed by atoms with Gasteiger partial charge in [-0.2, -0.15) is 0 Å². The molecule has 3 heterocycles. The van der Waals surface area contributed by atoms with Gasteiger partial charge < -0.3 is 19.2 Å². The standard InChI is InChI=1S/C21H24N4O4S/c1-14-16(9-11-28-14)20-23-24-21(25(20)12-15-6-5-10-29-15)30-13-19(26)22-17-7-3-4-8-18(17)27-2/h3-4,7-9,11,15H,5-6,10,12-13H2,1-2H3,(H,22,26)/t15-/m1/s1. The molecule has 0 radical (unpaired) electrons. The Kier molecular flexibility index (Phi) is 6.39. The van der Waals surface area contributed by atoms with Gasteiger partial charge in [0.15, 0.2) is 11.0 Å². The molecule has 0 saturated carbocycles. The quantitative estimate of drug-likeness (QED) is 0.546. The van der Waals surface area contributed by atoms with Gasteiger partial charge in [0.05, 0.1) is 43.0 Å². The molecule has 158 valence electrons. The highest BCUT2D eigenvalue weighted by atomic mass is 32.2. The van der Waals surface area contributed by atoms with E-state index in [1.54, 1.807) is 25.5 Å². The largest absolute Gasteiger partial charge is 0.495 e. The number of hydrogen-bond donors (Lipinski definition) is 1. The van der Waals surface area contributed by atoms with Crippen molar-refractivity contribution < 1.29 is 18.7 Å². The normalized spacial score (nSPS) is 16.0. The highest BCUT2D eigenvalue weighted by molar-refractivity contribution is 7.99. The third-order valence-corrected chi connectivity index (χ3v) is 5.91. The van der Waals surface area contributed by atoms with Gasteiger partial charge in [0.2, 0.25) is 5.91 Å². The highest BCUT2D eigenvalue weighted by Gasteiger charge is 2.23. The molecule has 1 aromatic carbocycles. The van der Waals surface area contributed by atoms with Crippen LogP contribution in [0.5, 0.6) is 5.75 Å². The number of thioether (sulfide) groups is 1.